The Morgan fingerprint density at radius 3 is 2.92 bits per heavy atom. The van der Waals surface area contributed by atoms with E-state index in [2.05, 4.69) is 5.32 Å². The van der Waals surface area contributed by atoms with Crippen molar-refractivity contribution in [3.63, 3.8) is 0 Å². The highest BCUT2D eigenvalue weighted by Gasteiger charge is 2.30. The molecule has 24 heavy (non-hydrogen) atoms. The molecule has 1 N–H and O–H groups in total. The summed E-state index contributed by atoms with van der Waals surface area (Å²) in [5.41, 5.74) is 0.995. The molecular weight excluding hydrogens is 308 g/mol. The fourth-order valence-corrected chi connectivity index (χ4v) is 3.23. The number of methoxy groups -OCH3 is 1. The van der Waals surface area contributed by atoms with Crippen molar-refractivity contribution in [3.8, 4) is 5.75 Å². The van der Waals surface area contributed by atoms with Crippen molar-refractivity contribution in [2.75, 3.05) is 40.0 Å². The fraction of sp³-hybridized carbons (Fsp3) is 0.611. The third-order valence-electron chi connectivity index (χ3n) is 4.52. The van der Waals surface area contributed by atoms with Crippen molar-refractivity contribution in [1.82, 2.24) is 10.2 Å². The van der Waals surface area contributed by atoms with Crippen LogP contribution in [0.15, 0.2) is 24.3 Å². The summed E-state index contributed by atoms with van der Waals surface area (Å²) in [7, 11) is 1.65. The first-order chi connectivity index (χ1) is 11.8. The van der Waals surface area contributed by atoms with Crippen molar-refractivity contribution >= 4 is 5.91 Å². The number of ether oxygens (including phenoxy) is 3. The van der Waals surface area contributed by atoms with Gasteiger partial charge in [-0.25, -0.2) is 0 Å². The summed E-state index contributed by atoms with van der Waals surface area (Å²) >= 11 is 0. The number of carbonyl (C=O) groups is 1. The maximum Gasteiger partial charge on any atom is 0.253 e. The molecule has 0 aromatic heterocycles. The Balaban J connectivity index is 1.74. The van der Waals surface area contributed by atoms with Crippen LogP contribution >= 0.6 is 0 Å². The van der Waals surface area contributed by atoms with Gasteiger partial charge in [0.05, 0.1) is 19.8 Å². The van der Waals surface area contributed by atoms with E-state index in [0.29, 0.717) is 26.2 Å². The van der Waals surface area contributed by atoms with Crippen LogP contribution in [0.1, 0.15) is 18.4 Å². The Hall–Kier alpha value is -1.63. The molecule has 2 aliphatic rings. The number of carbonyl (C=O) groups excluding carboxylic acids is 1. The Labute approximate surface area is 143 Å². The van der Waals surface area contributed by atoms with E-state index in [9.17, 15) is 4.79 Å². The molecule has 132 valence electrons. The monoisotopic (exact) mass is 334 g/mol. The maximum atomic E-state index is 13.0. The van der Waals surface area contributed by atoms with E-state index < -0.39 is 6.10 Å². The van der Waals surface area contributed by atoms with E-state index >= 15 is 0 Å². The molecule has 1 aromatic carbocycles. The number of hydrogen-bond donors (Lipinski definition) is 1. The minimum Gasteiger partial charge on any atom is -0.496 e. The lowest BCUT2D eigenvalue weighted by Crippen LogP contribution is -2.50. The molecule has 1 aromatic rings. The first kappa shape index (κ1) is 17.2. The second-order valence-corrected chi connectivity index (χ2v) is 6.23. The summed E-state index contributed by atoms with van der Waals surface area (Å²) in [5.74, 6) is 0.814. The molecule has 2 unspecified atom stereocenters. The lowest BCUT2D eigenvalue weighted by Gasteiger charge is -2.31. The summed E-state index contributed by atoms with van der Waals surface area (Å²) < 4.78 is 16.8. The third kappa shape index (κ3) is 4.26. The number of nitrogens with zero attached hydrogens (tertiary/aromatic N) is 1. The van der Waals surface area contributed by atoms with Gasteiger partial charge in [-0.3, -0.25) is 4.79 Å². The van der Waals surface area contributed by atoms with Gasteiger partial charge in [0, 0.05) is 38.3 Å². The molecule has 2 aliphatic heterocycles. The molecule has 6 nitrogen and oxygen atoms in total. The molecule has 0 saturated carbocycles. The van der Waals surface area contributed by atoms with Gasteiger partial charge in [-0.15, -0.1) is 0 Å². The summed E-state index contributed by atoms with van der Waals surface area (Å²) in [5, 5.41) is 3.22. The molecule has 3 rings (SSSR count). The van der Waals surface area contributed by atoms with Gasteiger partial charge in [0.15, 0.2) is 0 Å². The Bertz CT molecular complexity index is 540. The normalized spacial score (nSPS) is 23.9. The van der Waals surface area contributed by atoms with Crippen molar-refractivity contribution in [1.29, 1.82) is 0 Å². The lowest BCUT2D eigenvalue weighted by atomic mass is 10.1. The van der Waals surface area contributed by atoms with Crippen LogP contribution in [0.4, 0.5) is 0 Å². The highest BCUT2D eigenvalue weighted by molar-refractivity contribution is 5.81. The Kier molecular flexibility index (Phi) is 6.07. The van der Waals surface area contributed by atoms with Gasteiger partial charge >= 0.3 is 0 Å². The van der Waals surface area contributed by atoms with Gasteiger partial charge in [0.2, 0.25) is 0 Å². The van der Waals surface area contributed by atoms with Crippen molar-refractivity contribution in [3.05, 3.63) is 29.8 Å². The second-order valence-electron chi connectivity index (χ2n) is 6.23. The van der Waals surface area contributed by atoms with Gasteiger partial charge in [-0.1, -0.05) is 18.2 Å². The molecule has 2 atom stereocenters. The van der Waals surface area contributed by atoms with Gasteiger partial charge < -0.3 is 24.4 Å². The molecule has 2 heterocycles. The molecule has 0 aliphatic carbocycles. The summed E-state index contributed by atoms with van der Waals surface area (Å²) in [6, 6.07) is 7.81. The largest absolute Gasteiger partial charge is 0.496 e. The first-order valence-corrected chi connectivity index (χ1v) is 8.62. The lowest BCUT2D eigenvalue weighted by molar-refractivity contribution is -0.147. The Morgan fingerprint density at radius 1 is 1.33 bits per heavy atom. The highest BCUT2D eigenvalue weighted by atomic mass is 16.5. The number of hydrogen-bond acceptors (Lipinski definition) is 5. The summed E-state index contributed by atoms with van der Waals surface area (Å²) in [4.78, 5) is 14.8. The number of amides is 1. The van der Waals surface area contributed by atoms with Crippen LogP contribution in [0, 0.1) is 0 Å². The van der Waals surface area contributed by atoms with E-state index in [1.807, 2.05) is 29.2 Å². The molecule has 0 spiro atoms. The van der Waals surface area contributed by atoms with Crippen LogP contribution in [-0.4, -0.2) is 63.0 Å². The van der Waals surface area contributed by atoms with E-state index in [4.69, 9.17) is 14.2 Å². The molecule has 1 amide bonds. The third-order valence-corrected chi connectivity index (χ3v) is 4.52. The predicted molar refractivity (Wildman–Crippen MR) is 90.0 cm³/mol. The minimum absolute atomic E-state index is 0.0172. The Morgan fingerprint density at radius 2 is 2.21 bits per heavy atom. The summed E-state index contributed by atoms with van der Waals surface area (Å²) in [6.07, 6.45) is 1.75. The molecule has 0 bridgehead atoms. The van der Waals surface area contributed by atoms with Crippen LogP contribution in [-0.2, 0) is 20.8 Å². The number of rotatable bonds is 6. The van der Waals surface area contributed by atoms with Crippen LogP contribution in [0.25, 0.3) is 0 Å². The van der Waals surface area contributed by atoms with Gasteiger partial charge in [0.25, 0.3) is 5.91 Å². The van der Waals surface area contributed by atoms with Crippen LogP contribution in [0.3, 0.4) is 0 Å². The quantitative estimate of drug-likeness (QED) is 0.847. The topological polar surface area (TPSA) is 60.0 Å². The second kappa shape index (κ2) is 8.46. The van der Waals surface area contributed by atoms with E-state index in [0.717, 1.165) is 37.3 Å². The zero-order chi connectivity index (χ0) is 16.8. The van der Waals surface area contributed by atoms with E-state index in [1.54, 1.807) is 7.11 Å². The molecular formula is C18H26N2O4. The van der Waals surface area contributed by atoms with Crippen molar-refractivity contribution in [2.24, 2.45) is 0 Å². The van der Waals surface area contributed by atoms with Crippen molar-refractivity contribution in [2.45, 2.75) is 31.6 Å². The zero-order valence-corrected chi connectivity index (χ0v) is 14.2. The standard InChI is InChI=1S/C18H26N2O4/c1-22-16-7-3-2-5-14(16)12-20(13-15-6-4-9-23-15)18(21)17-11-19-8-10-24-17/h2-3,5,7,15,17,19H,4,6,8-13H2,1H3. The number of benzene rings is 1. The van der Waals surface area contributed by atoms with Crippen LogP contribution in [0.2, 0.25) is 0 Å². The smallest absolute Gasteiger partial charge is 0.253 e. The minimum atomic E-state index is -0.421. The molecule has 2 saturated heterocycles. The first-order valence-electron chi connectivity index (χ1n) is 8.62. The molecule has 6 heteroatoms. The summed E-state index contributed by atoms with van der Waals surface area (Å²) in [6.45, 7) is 3.80. The number of morpholine rings is 1. The highest BCUT2D eigenvalue weighted by Crippen LogP contribution is 2.22. The van der Waals surface area contributed by atoms with E-state index in [-0.39, 0.29) is 12.0 Å². The van der Waals surface area contributed by atoms with Gasteiger partial charge in [-0.2, -0.15) is 0 Å². The number of nitrogens with one attached hydrogen (secondary N) is 1. The zero-order valence-electron chi connectivity index (χ0n) is 14.2. The van der Waals surface area contributed by atoms with Crippen LogP contribution < -0.4 is 10.1 Å². The van der Waals surface area contributed by atoms with Crippen molar-refractivity contribution < 1.29 is 19.0 Å². The average molecular weight is 334 g/mol. The van der Waals surface area contributed by atoms with Crippen LogP contribution in [0.5, 0.6) is 5.75 Å². The van der Waals surface area contributed by atoms with Gasteiger partial charge in [0.1, 0.15) is 11.9 Å². The number of para-hydroxylation sites is 1. The van der Waals surface area contributed by atoms with E-state index in [1.165, 1.54) is 0 Å². The molecule has 2 fully saturated rings. The SMILES string of the molecule is COc1ccccc1CN(CC1CCCO1)C(=O)C1CNCCO1. The maximum absolute atomic E-state index is 13.0. The average Bonchev–Trinajstić information content (AvgIpc) is 3.15. The molecule has 0 radical (unpaired) electrons. The predicted octanol–water partition coefficient (Wildman–Crippen LogP) is 1.19. The fourth-order valence-electron chi connectivity index (χ4n) is 3.23. The van der Waals surface area contributed by atoms with Gasteiger partial charge in [-0.05, 0) is 18.9 Å².